The van der Waals surface area contributed by atoms with Crippen LogP contribution in [0.25, 0.3) is 11.2 Å². The highest BCUT2D eigenvalue weighted by Crippen LogP contribution is 2.06. The van der Waals surface area contributed by atoms with Gasteiger partial charge < -0.3 is 4.98 Å². The monoisotopic (exact) mass is 168 g/mol. The Morgan fingerprint density at radius 2 is 2.45 bits per heavy atom. The minimum atomic E-state index is 0.371. The molecule has 2 heterocycles. The van der Waals surface area contributed by atoms with Crippen LogP contribution in [0.15, 0.2) is 12.5 Å². The third-order valence-electron chi connectivity index (χ3n) is 1.34. The van der Waals surface area contributed by atoms with E-state index in [0.29, 0.717) is 11.5 Å². The highest BCUT2D eigenvalue weighted by molar-refractivity contribution is 6.16. The van der Waals surface area contributed by atoms with Crippen molar-refractivity contribution in [2.24, 2.45) is 0 Å². The minimum Gasteiger partial charge on any atom is -0.338 e. The summed E-state index contributed by atoms with van der Waals surface area (Å²) in [6.07, 6.45) is 3.13. The number of aromatic nitrogens is 4. The number of rotatable bonds is 1. The first-order chi connectivity index (χ1) is 5.40. The molecule has 0 fully saturated rings. The minimum absolute atomic E-state index is 0.371. The van der Waals surface area contributed by atoms with Crippen molar-refractivity contribution in [2.75, 3.05) is 0 Å². The summed E-state index contributed by atoms with van der Waals surface area (Å²) in [5, 5.41) is 0. The average Bonchev–Trinajstić information content (AvgIpc) is 2.46. The van der Waals surface area contributed by atoms with Gasteiger partial charge in [0, 0.05) is 0 Å². The van der Waals surface area contributed by atoms with Crippen molar-refractivity contribution < 1.29 is 0 Å². The van der Waals surface area contributed by atoms with E-state index in [1.165, 1.54) is 6.33 Å². The molecule has 4 nitrogen and oxygen atoms in total. The molecule has 0 saturated carbocycles. The molecule has 0 aliphatic heterocycles. The number of halogens is 1. The lowest BCUT2D eigenvalue weighted by molar-refractivity contribution is 1.13. The van der Waals surface area contributed by atoms with Crippen LogP contribution in [0, 0.1) is 0 Å². The topological polar surface area (TPSA) is 54.5 Å². The summed E-state index contributed by atoms with van der Waals surface area (Å²) in [5.74, 6) is 1.10. The number of alkyl halides is 1. The van der Waals surface area contributed by atoms with Crippen molar-refractivity contribution in [3.63, 3.8) is 0 Å². The van der Waals surface area contributed by atoms with E-state index in [2.05, 4.69) is 19.9 Å². The molecule has 0 unspecified atom stereocenters. The quantitative estimate of drug-likeness (QED) is 0.649. The molecule has 0 saturated heterocycles. The van der Waals surface area contributed by atoms with E-state index in [9.17, 15) is 0 Å². The van der Waals surface area contributed by atoms with Gasteiger partial charge in [-0.05, 0) is 0 Å². The Balaban J connectivity index is 2.69. The first-order valence-electron chi connectivity index (χ1n) is 3.10. The summed E-state index contributed by atoms with van der Waals surface area (Å²) < 4.78 is 0. The summed E-state index contributed by atoms with van der Waals surface area (Å²) in [6, 6.07) is 0. The molecule has 2 rings (SSSR count). The molecule has 0 aliphatic carbocycles. The highest BCUT2D eigenvalue weighted by Gasteiger charge is 2.00. The van der Waals surface area contributed by atoms with Crippen molar-refractivity contribution in [2.45, 2.75) is 5.88 Å². The van der Waals surface area contributed by atoms with E-state index in [-0.39, 0.29) is 0 Å². The zero-order valence-corrected chi connectivity index (χ0v) is 6.34. The fraction of sp³-hybridized carbons (Fsp3) is 0.167. The summed E-state index contributed by atoms with van der Waals surface area (Å²) in [7, 11) is 0. The van der Waals surface area contributed by atoms with E-state index in [0.717, 1.165) is 11.3 Å². The Labute approximate surface area is 67.6 Å². The molecule has 0 atom stereocenters. The van der Waals surface area contributed by atoms with E-state index < -0.39 is 0 Å². The number of nitrogens with one attached hydrogen (secondary N) is 1. The van der Waals surface area contributed by atoms with Gasteiger partial charge in [-0.3, -0.25) is 0 Å². The number of hydrogen-bond donors (Lipinski definition) is 1. The van der Waals surface area contributed by atoms with Crippen LogP contribution < -0.4 is 0 Å². The molecule has 0 radical (unpaired) electrons. The van der Waals surface area contributed by atoms with Crippen LogP contribution in [-0.2, 0) is 5.88 Å². The lowest BCUT2D eigenvalue weighted by Crippen LogP contribution is -1.77. The van der Waals surface area contributed by atoms with Gasteiger partial charge in [0.05, 0.1) is 12.1 Å². The Bertz CT molecular complexity index is 336. The Morgan fingerprint density at radius 3 is 3.18 bits per heavy atom. The summed E-state index contributed by atoms with van der Waals surface area (Å²) >= 11 is 5.56. The van der Waals surface area contributed by atoms with Gasteiger partial charge in [-0.1, -0.05) is 0 Å². The van der Waals surface area contributed by atoms with Crippen LogP contribution in [0.4, 0.5) is 0 Å². The SMILES string of the molecule is ClCc1nc2ncncc2[nH]1. The van der Waals surface area contributed by atoms with E-state index in [1.54, 1.807) is 6.20 Å². The molecule has 5 heteroatoms. The van der Waals surface area contributed by atoms with Crippen LogP contribution in [0.1, 0.15) is 5.82 Å². The maximum Gasteiger partial charge on any atom is 0.180 e. The number of H-pyrrole nitrogens is 1. The largest absolute Gasteiger partial charge is 0.338 e. The predicted octanol–water partition coefficient (Wildman–Crippen LogP) is 1.09. The van der Waals surface area contributed by atoms with Crippen molar-refractivity contribution in [1.29, 1.82) is 0 Å². The number of hydrogen-bond acceptors (Lipinski definition) is 3. The van der Waals surface area contributed by atoms with Gasteiger partial charge in [0.2, 0.25) is 0 Å². The maximum absolute atomic E-state index is 5.56. The van der Waals surface area contributed by atoms with Crippen LogP contribution >= 0.6 is 11.6 Å². The lowest BCUT2D eigenvalue weighted by atomic mass is 10.6. The lowest BCUT2D eigenvalue weighted by Gasteiger charge is -1.80. The number of nitrogens with zero attached hydrogens (tertiary/aromatic N) is 3. The van der Waals surface area contributed by atoms with Gasteiger partial charge >= 0.3 is 0 Å². The van der Waals surface area contributed by atoms with Crippen LogP contribution in [0.5, 0.6) is 0 Å². The van der Waals surface area contributed by atoms with E-state index in [4.69, 9.17) is 11.6 Å². The molecule has 0 amide bonds. The van der Waals surface area contributed by atoms with Gasteiger partial charge in [0.15, 0.2) is 5.65 Å². The Kier molecular flexibility index (Phi) is 1.47. The standard InChI is InChI=1S/C6H5ClN4/c7-1-5-10-4-2-8-3-9-6(4)11-5/h2-3H,1H2,(H,8,9,10,11). The highest BCUT2D eigenvalue weighted by atomic mass is 35.5. The van der Waals surface area contributed by atoms with Crippen LogP contribution in [-0.4, -0.2) is 19.9 Å². The Hall–Kier alpha value is -1.16. The summed E-state index contributed by atoms with van der Waals surface area (Å²) in [4.78, 5) is 14.8. The van der Waals surface area contributed by atoms with Crippen molar-refractivity contribution in [3.05, 3.63) is 18.3 Å². The molecule has 11 heavy (non-hydrogen) atoms. The first kappa shape index (κ1) is 6.54. The maximum atomic E-state index is 5.56. The molecule has 0 spiro atoms. The van der Waals surface area contributed by atoms with Crippen molar-refractivity contribution in [3.8, 4) is 0 Å². The zero-order chi connectivity index (χ0) is 7.68. The van der Waals surface area contributed by atoms with Crippen LogP contribution in [0.3, 0.4) is 0 Å². The van der Waals surface area contributed by atoms with Gasteiger partial charge in [-0.2, -0.15) is 0 Å². The van der Waals surface area contributed by atoms with E-state index in [1.807, 2.05) is 0 Å². The molecular formula is C6H5ClN4. The number of aromatic amines is 1. The third kappa shape index (κ3) is 1.05. The Morgan fingerprint density at radius 1 is 1.55 bits per heavy atom. The fourth-order valence-electron chi connectivity index (χ4n) is 0.875. The van der Waals surface area contributed by atoms with Gasteiger partial charge in [0.1, 0.15) is 17.7 Å². The second-order valence-electron chi connectivity index (χ2n) is 2.08. The normalized spacial score (nSPS) is 10.6. The van der Waals surface area contributed by atoms with Crippen molar-refractivity contribution in [1.82, 2.24) is 19.9 Å². The molecule has 0 bridgehead atoms. The molecule has 1 N–H and O–H groups in total. The molecule has 2 aromatic rings. The number of fused-ring (bicyclic) bond motifs is 1. The smallest absolute Gasteiger partial charge is 0.180 e. The second-order valence-corrected chi connectivity index (χ2v) is 2.34. The van der Waals surface area contributed by atoms with Gasteiger partial charge in [-0.15, -0.1) is 11.6 Å². The van der Waals surface area contributed by atoms with Crippen LogP contribution in [0.2, 0.25) is 0 Å². The molecule has 0 aromatic carbocycles. The molecule has 2 aromatic heterocycles. The summed E-state index contributed by atoms with van der Waals surface area (Å²) in [6.45, 7) is 0. The first-order valence-corrected chi connectivity index (χ1v) is 3.64. The van der Waals surface area contributed by atoms with E-state index >= 15 is 0 Å². The average molecular weight is 169 g/mol. The van der Waals surface area contributed by atoms with Crippen molar-refractivity contribution >= 4 is 22.8 Å². The predicted molar refractivity (Wildman–Crippen MR) is 41.2 cm³/mol. The van der Waals surface area contributed by atoms with Gasteiger partial charge in [-0.25, -0.2) is 15.0 Å². The second kappa shape index (κ2) is 2.47. The third-order valence-corrected chi connectivity index (χ3v) is 1.59. The van der Waals surface area contributed by atoms with Gasteiger partial charge in [0.25, 0.3) is 0 Å². The summed E-state index contributed by atoms with van der Waals surface area (Å²) in [5.41, 5.74) is 1.49. The molecule has 0 aliphatic rings. The molecular weight excluding hydrogens is 164 g/mol. The zero-order valence-electron chi connectivity index (χ0n) is 5.58. The fourth-order valence-corrected chi connectivity index (χ4v) is 1.00. The number of imidazole rings is 1. The molecule has 56 valence electrons.